The number of carbonyl (C=O) groups is 2. The van der Waals surface area contributed by atoms with Gasteiger partial charge in [-0.1, -0.05) is 17.7 Å². The minimum absolute atomic E-state index is 0.0102. The average molecular weight is 415 g/mol. The van der Waals surface area contributed by atoms with Crippen LogP contribution in [0.3, 0.4) is 0 Å². The number of aromatic nitrogens is 2. The molecule has 3 aromatic rings. The van der Waals surface area contributed by atoms with Gasteiger partial charge in [0.1, 0.15) is 11.5 Å². The molecular weight excluding hydrogens is 394 g/mol. The summed E-state index contributed by atoms with van der Waals surface area (Å²) in [4.78, 5) is 35.9. The highest BCUT2D eigenvalue weighted by Gasteiger charge is 2.46. The molecule has 1 atom stereocenters. The van der Waals surface area contributed by atoms with E-state index in [1.54, 1.807) is 55.0 Å². The van der Waals surface area contributed by atoms with Gasteiger partial charge in [-0.2, -0.15) is 0 Å². The second kappa shape index (κ2) is 8.39. The number of likely N-dealkylation sites (tertiary alicyclic amines) is 1. The number of aliphatic hydroxyl groups excluding tert-OH is 1. The predicted octanol–water partition coefficient (Wildman–Crippen LogP) is 3.42. The van der Waals surface area contributed by atoms with E-state index >= 15 is 0 Å². The summed E-state index contributed by atoms with van der Waals surface area (Å²) < 4.78 is 5.38. The molecule has 1 unspecified atom stereocenters. The van der Waals surface area contributed by atoms with E-state index in [0.717, 1.165) is 5.56 Å². The third-order valence-electron chi connectivity index (χ3n) is 5.23. The third kappa shape index (κ3) is 3.77. The molecule has 2 aromatic heterocycles. The summed E-state index contributed by atoms with van der Waals surface area (Å²) in [5, 5.41) is 11.2. The second-order valence-corrected chi connectivity index (χ2v) is 7.23. The van der Waals surface area contributed by atoms with Gasteiger partial charge < -0.3 is 14.7 Å². The Bertz CT molecular complexity index is 1160. The van der Waals surface area contributed by atoms with Crippen LogP contribution in [0.4, 0.5) is 0 Å². The first kappa shape index (κ1) is 20.3. The molecule has 4 rings (SSSR count). The predicted molar refractivity (Wildman–Crippen MR) is 114 cm³/mol. The number of ether oxygens (including phenoxy) is 1. The zero-order valence-electron chi connectivity index (χ0n) is 17.1. The van der Waals surface area contributed by atoms with Gasteiger partial charge >= 0.3 is 0 Å². The minimum Gasteiger partial charge on any atom is -0.507 e. The van der Waals surface area contributed by atoms with Crippen molar-refractivity contribution in [2.24, 2.45) is 0 Å². The maximum Gasteiger partial charge on any atom is 0.296 e. The first-order chi connectivity index (χ1) is 15.0. The van der Waals surface area contributed by atoms with E-state index in [4.69, 9.17) is 4.74 Å². The molecule has 0 bridgehead atoms. The van der Waals surface area contributed by atoms with Crippen molar-refractivity contribution < 1.29 is 19.4 Å². The molecule has 1 aromatic carbocycles. The van der Waals surface area contributed by atoms with Crippen molar-refractivity contribution >= 4 is 17.4 Å². The van der Waals surface area contributed by atoms with Crippen molar-refractivity contribution in [3.05, 3.63) is 95.1 Å². The van der Waals surface area contributed by atoms with E-state index in [-0.39, 0.29) is 17.9 Å². The number of carbonyl (C=O) groups excluding carboxylic acids is 2. The van der Waals surface area contributed by atoms with Crippen LogP contribution in [0.1, 0.15) is 28.4 Å². The Morgan fingerprint density at radius 2 is 1.87 bits per heavy atom. The first-order valence-corrected chi connectivity index (χ1v) is 9.74. The van der Waals surface area contributed by atoms with E-state index in [2.05, 4.69) is 9.97 Å². The molecule has 0 radical (unpaired) electrons. The number of nitrogens with zero attached hydrogens (tertiary/aromatic N) is 3. The average Bonchev–Trinajstić information content (AvgIpc) is 3.04. The van der Waals surface area contributed by atoms with Crippen LogP contribution in [0, 0.1) is 6.92 Å². The second-order valence-electron chi connectivity index (χ2n) is 7.23. The van der Waals surface area contributed by atoms with Gasteiger partial charge in [-0.05, 0) is 48.9 Å². The lowest BCUT2D eigenvalue weighted by atomic mass is 9.95. The quantitative estimate of drug-likeness (QED) is 0.390. The standard InChI is InChI=1S/C24H21N3O4/c1-15-6-7-19(31-2)18(13-15)22(28)20-21(16-8-11-25-12-9-16)27(24(30)23(20)29)14-17-5-3-4-10-26-17/h3-13,21,28H,14H2,1-2H3/b22-20+. The Morgan fingerprint density at radius 3 is 2.55 bits per heavy atom. The van der Waals surface area contributed by atoms with E-state index in [9.17, 15) is 14.7 Å². The molecule has 0 saturated carbocycles. The largest absolute Gasteiger partial charge is 0.507 e. The zero-order valence-corrected chi connectivity index (χ0v) is 17.1. The number of benzene rings is 1. The Labute approximate surface area is 179 Å². The lowest BCUT2D eigenvalue weighted by molar-refractivity contribution is -0.140. The summed E-state index contributed by atoms with van der Waals surface area (Å²) >= 11 is 0. The fraction of sp³-hybridized carbons (Fsp3) is 0.167. The number of ketones is 1. The molecule has 0 aliphatic carbocycles. The summed E-state index contributed by atoms with van der Waals surface area (Å²) in [6.07, 6.45) is 4.80. The molecule has 31 heavy (non-hydrogen) atoms. The molecule has 156 valence electrons. The fourth-order valence-electron chi connectivity index (χ4n) is 3.75. The number of aryl methyl sites for hydroxylation is 1. The maximum absolute atomic E-state index is 13.1. The zero-order chi connectivity index (χ0) is 22.0. The molecule has 0 spiro atoms. The number of Topliss-reactive ketones (excluding diaryl/α,β-unsaturated/α-hetero) is 1. The molecule has 3 heterocycles. The van der Waals surface area contributed by atoms with E-state index < -0.39 is 17.7 Å². The minimum atomic E-state index is -0.782. The number of methoxy groups -OCH3 is 1. The van der Waals surface area contributed by atoms with Crippen LogP contribution in [0.5, 0.6) is 5.75 Å². The number of hydrogen-bond acceptors (Lipinski definition) is 6. The van der Waals surface area contributed by atoms with Gasteiger partial charge in [0, 0.05) is 18.6 Å². The Balaban J connectivity index is 1.90. The molecule has 1 fully saturated rings. The molecule has 1 N–H and O–H groups in total. The Hall–Kier alpha value is -4.00. The van der Waals surface area contributed by atoms with Gasteiger partial charge in [-0.15, -0.1) is 0 Å². The topological polar surface area (TPSA) is 92.6 Å². The molecule has 1 amide bonds. The highest BCUT2D eigenvalue weighted by atomic mass is 16.5. The molecular formula is C24H21N3O4. The van der Waals surface area contributed by atoms with E-state index in [1.165, 1.54) is 12.0 Å². The molecule has 1 aliphatic heterocycles. The lowest BCUT2D eigenvalue weighted by Gasteiger charge is -2.25. The van der Waals surface area contributed by atoms with Gasteiger partial charge in [0.05, 0.1) is 36.5 Å². The van der Waals surface area contributed by atoms with Crippen molar-refractivity contribution in [2.75, 3.05) is 7.11 Å². The number of aliphatic hydroxyl groups is 1. The fourth-order valence-corrected chi connectivity index (χ4v) is 3.75. The van der Waals surface area contributed by atoms with Crippen LogP contribution < -0.4 is 4.74 Å². The van der Waals surface area contributed by atoms with Crippen LogP contribution in [0.2, 0.25) is 0 Å². The van der Waals surface area contributed by atoms with Crippen LogP contribution in [-0.4, -0.2) is 38.8 Å². The summed E-state index contributed by atoms with van der Waals surface area (Å²) in [6, 6.07) is 13.3. The molecule has 1 aliphatic rings. The van der Waals surface area contributed by atoms with Crippen LogP contribution in [0.25, 0.3) is 5.76 Å². The highest BCUT2D eigenvalue weighted by Crippen LogP contribution is 2.41. The van der Waals surface area contributed by atoms with Crippen LogP contribution >= 0.6 is 0 Å². The van der Waals surface area contributed by atoms with Gasteiger partial charge in [0.25, 0.3) is 11.7 Å². The summed E-state index contributed by atoms with van der Waals surface area (Å²) in [6.45, 7) is 2.00. The van der Waals surface area contributed by atoms with Crippen molar-refractivity contribution in [3.8, 4) is 5.75 Å². The van der Waals surface area contributed by atoms with Crippen molar-refractivity contribution in [2.45, 2.75) is 19.5 Å². The SMILES string of the molecule is COc1ccc(C)cc1/C(O)=C1\C(=O)C(=O)N(Cc2ccccn2)C1c1ccncc1. The van der Waals surface area contributed by atoms with Crippen molar-refractivity contribution in [1.29, 1.82) is 0 Å². The molecule has 7 nitrogen and oxygen atoms in total. The van der Waals surface area contributed by atoms with Gasteiger partial charge in [-0.3, -0.25) is 19.6 Å². The highest BCUT2D eigenvalue weighted by molar-refractivity contribution is 6.46. The first-order valence-electron chi connectivity index (χ1n) is 9.74. The van der Waals surface area contributed by atoms with E-state index in [1.807, 2.05) is 19.1 Å². The Morgan fingerprint density at radius 1 is 1.10 bits per heavy atom. The summed E-state index contributed by atoms with van der Waals surface area (Å²) in [5.74, 6) is -1.31. The smallest absolute Gasteiger partial charge is 0.296 e. The van der Waals surface area contributed by atoms with E-state index in [0.29, 0.717) is 22.6 Å². The number of rotatable bonds is 5. The summed E-state index contributed by atoms with van der Waals surface area (Å²) in [7, 11) is 1.49. The lowest BCUT2D eigenvalue weighted by Crippen LogP contribution is -2.29. The van der Waals surface area contributed by atoms with Gasteiger partial charge in [-0.25, -0.2) is 0 Å². The monoisotopic (exact) mass is 415 g/mol. The third-order valence-corrected chi connectivity index (χ3v) is 5.23. The van der Waals surface area contributed by atoms with Crippen molar-refractivity contribution in [3.63, 3.8) is 0 Å². The van der Waals surface area contributed by atoms with Crippen molar-refractivity contribution in [1.82, 2.24) is 14.9 Å². The van der Waals surface area contributed by atoms with Gasteiger partial charge in [0.2, 0.25) is 0 Å². The Kier molecular flexibility index (Phi) is 5.49. The normalized spacial score (nSPS) is 17.7. The molecule has 1 saturated heterocycles. The van der Waals surface area contributed by atoms with Crippen LogP contribution in [0.15, 0.2) is 72.7 Å². The van der Waals surface area contributed by atoms with Crippen LogP contribution in [-0.2, 0) is 16.1 Å². The maximum atomic E-state index is 13.1. The number of amides is 1. The number of pyridine rings is 2. The summed E-state index contributed by atoms with van der Waals surface area (Å²) in [5.41, 5.74) is 2.55. The van der Waals surface area contributed by atoms with Gasteiger partial charge in [0.15, 0.2) is 0 Å². The molecule has 7 heteroatoms. The number of hydrogen-bond donors (Lipinski definition) is 1.